The van der Waals surface area contributed by atoms with E-state index >= 15 is 0 Å². The molecule has 0 radical (unpaired) electrons. The van der Waals surface area contributed by atoms with Crippen LogP contribution in [-0.4, -0.2) is 28.0 Å². The summed E-state index contributed by atoms with van der Waals surface area (Å²) in [5.41, 5.74) is 2.90. The van der Waals surface area contributed by atoms with E-state index in [1.807, 2.05) is 30.3 Å². The van der Waals surface area contributed by atoms with Crippen LogP contribution in [0.15, 0.2) is 36.5 Å². The number of carbonyl (C=O) groups is 1. The minimum Gasteiger partial charge on any atom is -0.469 e. The average molecular weight is 378 g/mol. The molecule has 7 heteroatoms. The van der Waals surface area contributed by atoms with Gasteiger partial charge in [0.2, 0.25) is 0 Å². The molecule has 0 bridgehead atoms. The zero-order valence-electron chi connectivity index (χ0n) is 15.2. The summed E-state index contributed by atoms with van der Waals surface area (Å²) >= 11 is 1.60. The van der Waals surface area contributed by atoms with E-state index in [2.05, 4.69) is 34.1 Å². The van der Waals surface area contributed by atoms with Crippen LogP contribution in [0, 0.1) is 13.8 Å². The van der Waals surface area contributed by atoms with E-state index in [0.29, 0.717) is 11.6 Å². The fourth-order valence-electron chi connectivity index (χ4n) is 2.94. The number of hydrogen-bond donors (Lipinski definition) is 1. The number of ether oxygens (including phenoxy) is 1. The van der Waals surface area contributed by atoms with Gasteiger partial charge in [-0.3, -0.25) is 9.78 Å². The maximum Gasteiger partial charge on any atom is 0.313 e. The molecule has 0 atom stereocenters. The summed E-state index contributed by atoms with van der Waals surface area (Å²) < 4.78 is 4.76. The minimum absolute atomic E-state index is 0.0348. The second-order valence-electron chi connectivity index (χ2n) is 6.25. The molecule has 0 saturated carbocycles. The molecule has 0 saturated heterocycles. The van der Waals surface area contributed by atoms with Crippen LogP contribution in [0.1, 0.15) is 16.3 Å². The molecule has 0 amide bonds. The number of pyridine rings is 1. The number of aryl methyl sites for hydroxylation is 2. The van der Waals surface area contributed by atoms with E-state index in [4.69, 9.17) is 4.74 Å². The Morgan fingerprint density at radius 3 is 2.85 bits per heavy atom. The quantitative estimate of drug-likeness (QED) is 0.533. The molecule has 0 aliphatic carbocycles. The van der Waals surface area contributed by atoms with Gasteiger partial charge >= 0.3 is 5.97 Å². The Morgan fingerprint density at radius 1 is 1.22 bits per heavy atom. The van der Waals surface area contributed by atoms with Crippen molar-refractivity contribution < 1.29 is 9.53 Å². The van der Waals surface area contributed by atoms with Gasteiger partial charge in [0, 0.05) is 10.3 Å². The summed E-state index contributed by atoms with van der Waals surface area (Å²) in [5.74, 6) is 0.752. The van der Waals surface area contributed by atoms with Crippen LogP contribution in [0.5, 0.6) is 0 Å². The van der Waals surface area contributed by atoms with Crippen LogP contribution in [0.4, 0.5) is 11.5 Å². The van der Waals surface area contributed by atoms with Gasteiger partial charge in [-0.2, -0.15) is 0 Å². The van der Waals surface area contributed by atoms with Crippen molar-refractivity contribution >= 4 is 49.9 Å². The summed E-state index contributed by atoms with van der Waals surface area (Å²) in [6, 6.07) is 9.98. The summed E-state index contributed by atoms with van der Waals surface area (Å²) in [4.78, 5) is 27.3. The largest absolute Gasteiger partial charge is 0.469 e. The van der Waals surface area contributed by atoms with Crippen LogP contribution >= 0.6 is 11.3 Å². The van der Waals surface area contributed by atoms with Gasteiger partial charge in [-0.15, -0.1) is 11.3 Å². The van der Waals surface area contributed by atoms with Crippen molar-refractivity contribution in [2.75, 3.05) is 12.4 Å². The number of thiophene rings is 1. The van der Waals surface area contributed by atoms with E-state index in [1.54, 1.807) is 17.5 Å². The fraction of sp³-hybridized carbons (Fsp3) is 0.200. The van der Waals surface area contributed by atoms with Crippen molar-refractivity contribution in [2.45, 2.75) is 20.3 Å². The number of aromatic nitrogens is 3. The molecule has 0 unspecified atom stereocenters. The predicted octanol–water partition coefficient (Wildman–Crippen LogP) is 4.32. The van der Waals surface area contributed by atoms with Crippen LogP contribution in [0.3, 0.4) is 0 Å². The first-order valence-electron chi connectivity index (χ1n) is 8.50. The van der Waals surface area contributed by atoms with Crippen LogP contribution in [0.2, 0.25) is 0 Å². The first-order chi connectivity index (χ1) is 13.0. The van der Waals surface area contributed by atoms with Gasteiger partial charge < -0.3 is 10.1 Å². The third-order valence-electron chi connectivity index (χ3n) is 4.46. The Morgan fingerprint density at radius 2 is 2.04 bits per heavy atom. The molecule has 0 spiro atoms. The molecule has 0 aliphatic heterocycles. The summed E-state index contributed by atoms with van der Waals surface area (Å²) in [6.07, 6.45) is 1.82. The summed E-state index contributed by atoms with van der Waals surface area (Å²) in [6.45, 7) is 4.12. The third-order valence-corrected chi connectivity index (χ3v) is 5.56. The SMILES string of the molecule is COC(=O)Cc1nc(Nc2cnc3ccccc3c2)c2c(C)c(C)sc2n1. The number of nitrogens with zero attached hydrogens (tertiary/aromatic N) is 3. The second-order valence-corrected chi connectivity index (χ2v) is 7.45. The van der Waals surface area contributed by atoms with E-state index in [0.717, 1.165) is 32.4 Å². The Labute approximate surface area is 160 Å². The Hall–Kier alpha value is -3.06. The first-order valence-corrected chi connectivity index (χ1v) is 9.32. The highest BCUT2D eigenvalue weighted by Gasteiger charge is 2.17. The van der Waals surface area contributed by atoms with E-state index in [9.17, 15) is 4.79 Å². The molecule has 1 N–H and O–H groups in total. The van der Waals surface area contributed by atoms with Crippen LogP contribution < -0.4 is 5.32 Å². The maximum absolute atomic E-state index is 11.7. The molecule has 3 aromatic heterocycles. The van der Waals surface area contributed by atoms with Crippen molar-refractivity contribution in [3.05, 3.63) is 52.8 Å². The Balaban J connectivity index is 1.81. The molecular formula is C20H18N4O2S. The topological polar surface area (TPSA) is 77.0 Å². The molecule has 4 aromatic rings. The van der Waals surface area contributed by atoms with E-state index in [-0.39, 0.29) is 12.4 Å². The van der Waals surface area contributed by atoms with Crippen molar-refractivity contribution in [3.63, 3.8) is 0 Å². The lowest BCUT2D eigenvalue weighted by Crippen LogP contribution is -2.09. The molecule has 0 aliphatic rings. The number of benzene rings is 1. The van der Waals surface area contributed by atoms with Crippen molar-refractivity contribution in [1.29, 1.82) is 0 Å². The van der Waals surface area contributed by atoms with Gasteiger partial charge in [-0.1, -0.05) is 18.2 Å². The van der Waals surface area contributed by atoms with E-state index < -0.39 is 0 Å². The average Bonchev–Trinajstić information content (AvgIpc) is 2.95. The minimum atomic E-state index is -0.363. The number of nitrogens with one attached hydrogen (secondary N) is 1. The Bertz CT molecular complexity index is 1170. The van der Waals surface area contributed by atoms with Crippen molar-refractivity contribution in [1.82, 2.24) is 15.0 Å². The predicted molar refractivity (Wildman–Crippen MR) is 108 cm³/mol. The van der Waals surface area contributed by atoms with Gasteiger partial charge in [0.25, 0.3) is 0 Å². The lowest BCUT2D eigenvalue weighted by atomic mass is 10.2. The molecule has 6 nitrogen and oxygen atoms in total. The molecule has 3 heterocycles. The fourth-order valence-corrected chi connectivity index (χ4v) is 3.99. The highest BCUT2D eigenvalue weighted by Crippen LogP contribution is 2.34. The smallest absolute Gasteiger partial charge is 0.313 e. The number of fused-ring (bicyclic) bond motifs is 2. The standard InChI is InChI=1S/C20H18N4O2S/c1-11-12(2)27-20-18(11)19(23-16(24-20)9-17(25)26-3)22-14-8-13-6-4-5-7-15(13)21-10-14/h4-8,10H,9H2,1-3H3,(H,22,23,24). The van der Waals surface area contributed by atoms with Crippen molar-refractivity contribution in [3.8, 4) is 0 Å². The molecular weight excluding hydrogens is 360 g/mol. The molecule has 1 aromatic carbocycles. The second kappa shape index (κ2) is 6.92. The monoisotopic (exact) mass is 378 g/mol. The zero-order valence-corrected chi connectivity index (χ0v) is 16.1. The van der Waals surface area contributed by atoms with Crippen LogP contribution in [-0.2, 0) is 16.0 Å². The van der Waals surface area contributed by atoms with Gasteiger partial charge in [-0.25, -0.2) is 9.97 Å². The molecule has 27 heavy (non-hydrogen) atoms. The highest BCUT2D eigenvalue weighted by atomic mass is 32.1. The first kappa shape index (κ1) is 17.4. The number of hydrogen-bond acceptors (Lipinski definition) is 7. The molecule has 0 fully saturated rings. The summed E-state index contributed by atoms with van der Waals surface area (Å²) in [5, 5.41) is 5.38. The highest BCUT2D eigenvalue weighted by molar-refractivity contribution is 7.18. The third kappa shape index (κ3) is 3.33. The number of rotatable bonds is 4. The molecule has 136 valence electrons. The number of carbonyl (C=O) groups excluding carboxylic acids is 1. The lowest BCUT2D eigenvalue weighted by molar-refractivity contribution is -0.139. The van der Waals surface area contributed by atoms with Gasteiger partial charge in [-0.05, 0) is 31.5 Å². The van der Waals surface area contributed by atoms with Gasteiger partial charge in [0.05, 0.1) is 29.9 Å². The normalized spacial score (nSPS) is 11.1. The van der Waals surface area contributed by atoms with E-state index in [1.165, 1.54) is 12.0 Å². The maximum atomic E-state index is 11.7. The van der Waals surface area contributed by atoms with Gasteiger partial charge in [0.1, 0.15) is 22.9 Å². The number of methoxy groups -OCH3 is 1. The van der Waals surface area contributed by atoms with Crippen LogP contribution in [0.25, 0.3) is 21.1 Å². The molecule has 4 rings (SSSR count). The number of esters is 1. The van der Waals surface area contributed by atoms with Gasteiger partial charge in [0.15, 0.2) is 0 Å². The Kier molecular flexibility index (Phi) is 4.45. The number of para-hydroxylation sites is 1. The summed E-state index contributed by atoms with van der Waals surface area (Å²) in [7, 11) is 1.36. The number of anilines is 2. The zero-order chi connectivity index (χ0) is 19.0. The van der Waals surface area contributed by atoms with Crippen molar-refractivity contribution in [2.24, 2.45) is 0 Å². The lowest BCUT2D eigenvalue weighted by Gasteiger charge is -2.10.